The van der Waals surface area contributed by atoms with Crippen molar-refractivity contribution < 1.29 is 19.2 Å². The molecule has 1 heterocycles. The first kappa shape index (κ1) is 25.0. The minimum Gasteiger partial charge on any atom is -0.872 e. The lowest BCUT2D eigenvalue weighted by Gasteiger charge is -2.08. The summed E-state index contributed by atoms with van der Waals surface area (Å²) in [5, 5.41) is 23.9. The Morgan fingerprint density at radius 3 is 2.44 bits per heavy atom. The summed E-state index contributed by atoms with van der Waals surface area (Å²) in [6.45, 7) is 4.48. The van der Waals surface area contributed by atoms with Crippen LogP contribution in [0.15, 0.2) is 89.1 Å². The fourth-order valence-corrected chi connectivity index (χ4v) is 4.33. The largest absolute Gasteiger partial charge is 0.872 e. The third-order valence-electron chi connectivity index (χ3n) is 5.30. The number of hydrogen-bond donors (Lipinski definition) is 2. The molecule has 0 fully saturated rings. The van der Waals surface area contributed by atoms with Crippen molar-refractivity contribution in [2.45, 2.75) is 25.4 Å². The van der Waals surface area contributed by atoms with Gasteiger partial charge in [-0.25, -0.2) is 5.43 Å². The fraction of sp³-hybridized carbons (Fsp3) is 0.185. The van der Waals surface area contributed by atoms with Gasteiger partial charge < -0.3 is 9.84 Å². The minimum atomic E-state index is -0.256. The normalized spacial score (nSPS) is 11.3. The average molecular weight is 502 g/mol. The summed E-state index contributed by atoms with van der Waals surface area (Å²) in [5.74, 6) is 1.39. The van der Waals surface area contributed by atoms with E-state index in [9.17, 15) is 9.90 Å². The second-order valence-corrected chi connectivity index (χ2v) is 8.69. The first-order chi connectivity index (χ1) is 17.6. The lowest BCUT2D eigenvalue weighted by Crippen LogP contribution is -2.34. The predicted octanol–water partition coefficient (Wildman–Crippen LogP) is 3.85. The van der Waals surface area contributed by atoms with Gasteiger partial charge in [0.05, 0.1) is 28.7 Å². The third kappa shape index (κ3) is 6.11. The number of nitrogens with zero attached hydrogens (tertiary/aromatic N) is 3. The lowest BCUT2D eigenvalue weighted by atomic mass is 10.1. The number of hydrazone groups is 1. The van der Waals surface area contributed by atoms with Crippen molar-refractivity contribution in [3.8, 4) is 28.6 Å². The summed E-state index contributed by atoms with van der Waals surface area (Å²) in [6.07, 6.45) is 0.614. The maximum atomic E-state index is 12.6. The van der Waals surface area contributed by atoms with Gasteiger partial charge >= 0.3 is 5.16 Å². The van der Waals surface area contributed by atoms with Gasteiger partial charge in [-0.3, -0.25) is 4.79 Å². The van der Waals surface area contributed by atoms with E-state index in [-0.39, 0.29) is 17.4 Å². The van der Waals surface area contributed by atoms with Gasteiger partial charge in [-0.05, 0) is 67.1 Å². The van der Waals surface area contributed by atoms with Crippen molar-refractivity contribution in [2.24, 2.45) is 5.10 Å². The highest BCUT2D eigenvalue weighted by Crippen LogP contribution is 2.21. The predicted molar refractivity (Wildman–Crippen MR) is 138 cm³/mol. The van der Waals surface area contributed by atoms with E-state index in [4.69, 9.17) is 4.74 Å². The molecule has 0 aliphatic heterocycles. The Hall–Kier alpha value is -4.11. The van der Waals surface area contributed by atoms with Crippen LogP contribution in [-0.4, -0.2) is 34.2 Å². The highest BCUT2D eigenvalue weighted by Gasteiger charge is 2.24. The zero-order chi connectivity index (χ0) is 25.3. The summed E-state index contributed by atoms with van der Waals surface area (Å²) < 4.78 is 7.56. The molecule has 4 aromatic rings. The van der Waals surface area contributed by atoms with Gasteiger partial charge in [-0.1, -0.05) is 49.4 Å². The van der Waals surface area contributed by atoms with Gasteiger partial charge in [0.15, 0.2) is 0 Å². The van der Waals surface area contributed by atoms with E-state index in [0.29, 0.717) is 23.9 Å². The summed E-state index contributed by atoms with van der Waals surface area (Å²) >= 11 is 1.30. The topological polar surface area (TPSA) is 106 Å². The van der Waals surface area contributed by atoms with Crippen LogP contribution in [0.1, 0.15) is 25.8 Å². The molecular formula is C27H27N5O3S. The number of ether oxygens (including phenoxy) is 1. The summed E-state index contributed by atoms with van der Waals surface area (Å²) in [4.78, 5) is 12.6. The van der Waals surface area contributed by atoms with E-state index in [1.807, 2.05) is 73.0 Å². The smallest absolute Gasteiger partial charge is 0.342 e. The number of carbonyl (C=O) groups is 1. The number of thioether (sulfide) groups is 1. The number of benzene rings is 3. The van der Waals surface area contributed by atoms with Crippen LogP contribution in [0.5, 0.6) is 11.5 Å². The first-order valence-electron chi connectivity index (χ1n) is 11.6. The zero-order valence-corrected chi connectivity index (χ0v) is 20.9. The number of hydrogen-bond acceptors (Lipinski definition) is 6. The maximum Gasteiger partial charge on any atom is 0.342 e. The number of aromatic nitrogens is 3. The highest BCUT2D eigenvalue weighted by molar-refractivity contribution is 7.99. The van der Waals surface area contributed by atoms with Crippen molar-refractivity contribution in [3.63, 3.8) is 0 Å². The van der Waals surface area contributed by atoms with Crippen LogP contribution in [0, 0.1) is 0 Å². The molecule has 1 amide bonds. The number of aromatic amines is 1. The molecule has 1 aromatic heterocycles. The lowest BCUT2D eigenvalue weighted by molar-refractivity contribution is -0.625. The van der Waals surface area contributed by atoms with Crippen LogP contribution in [-0.2, 0) is 4.79 Å². The average Bonchev–Trinajstić information content (AvgIpc) is 3.34. The molecule has 0 atom stereocenters. The second kappa shape index (κ2) is 12.0. The Kier molecular flexibility index (Phi) is 8.36. The van der Waals surface area contributed by atoms with E-state index < -0.39 is 0 Å². The summed E-state index contributed by atoms with van der Waals surface area (Å²) in [5.41, 5.74) is 5.98. The van der Waals surface area contributed by atoms with Crippen molar-refractivity contribution in [2.75, 3.05) is 12.4 Å². The van der Waals surface area contributed by atoms with Crippen LogP contribution in [0.25, 0.3) is 17.1 Å². The molecule has 36 heavy (non-hydrogen) atoms. The molecule has 0 aliphatic carbocycles. The van der Waals surface area contributed by atoms with Gasteiger partial charge in [0.25, 0.3) is 11.7 Å². The van der Waals surface area contributed by atoms with Crippen molar-refractivity contribution >= 4 is 23.4 Å². The van der Waals surface area contributed by atoms with Crippen molar-refractivity contribution in [1.29, 1.82) is 0 Å². The van der Waals surface area contributed by atoms with Crippen molar-refractivity contribution in [1.82, 2.24) is 15.6 Å². The molecule has 4 rings (SSSR count). The minimum absolute atomic E-state index is 0.0654. The standard InChI is InChI=1S/C27H27N5O3S/c1-3-24(19-10-14-22(33)15-11-19)28-29-25(34)18-36-27-31-30-26(20-8-6-5-7-9-20)32(27)21-12-16-23(17-13-21)35-4-2/h5-17H,3-4,18H2,1-2H3,(H2,28,29,33,34). The van der Waals surface area contributed by atoms with Gasteiger partial charge in [0.1, 0.15) is 11.4 Å². The van der Waals surface area contributed by atoms with Gasteiger partial charge in [0.2, 0.25) is 0 Å². The number of rotatable bonds is 10. The zero-order valence-electron chi connectivity index (χ0n) is 20.1. The molecule has 0 spiro atoms. The van der Waals surface area contributed by atoms with Crippen LogP contribution in [0.2, 0.25) is 0 Å². The molecule has 0 saturated heterocycles. The maximum absolute atomic E-state index is 12.6. The first-order valence-corrected chi connectivity index (χ1v) is 12.6. The Labute approximate surface area is 214 Å². The molecule has 0 aliphatic rings. The molecule has 184 valence electrons. The van der Waals surface area contributed by atoms with Crippen LogP contribution < -0.4 is 19.8 Å². The summed E-state index contributed by atoms with van der Waals surface area (Å²) in [6, 6.07) is 24.0. The van der Waals surface area contributed by atoms with Gasteiger partial charge in [-0.15, -0.1) is 10.8 Å². The monoisotopic (exact) mass is 501 g/mol. The van der Waals surface area contributed by atoms with Crippen molar-refractivity contribution in [3.05, 3.63) is 84.4 Å². The molecule has 0 saturated carbocycles. The van der Waals surface area contributed by atoms with E-state index in [2.05, 4.69) is 20.7 Å². The van der Waals surface area contributed by atoms with Gasteiger partial charge in [-0.2, -0.15) is 9.67 Å². The number of nitrogens with one attached hydrogen (secondary N) is 2. The van der Waals surface area contributed by atoms with E-state index in [0.717, 1.165) is 28.4 Å². The van der Waals surface area contributed by atoms with E-state index >= 15 is 0 Å². The third-order valence-corrected chi connectivity index (χ3v) is 6.23. The SMILES string of the molecule is CCOc1ccc(-[n+]2c(SCC(=O)N/N=C(/CC)c3ccc([O-])cc3)n[nH]c2-c2ccccc2)cc1. The number of carbonyl (C=O) groups excluding carboxylic acids is 1. The van der Waals surface area contributed by atoms with Crippen LogP contribution in [0.3, 0.4) is 0 Å². The van der Waals surface area contributed by atoms with E-state index in [1.165, 1.54) is 23.9 Å². The molecule has 8 nitrogen and oxygen atoms in total. The highest BCUT2D eigenvalue weighted by atomic mass is 32.2. The molecule has 0 radical (unpaired) electrons. The van der Waals surface area contributed by atoms with E-state index in [1.54, 1.807) is 12.1 Å². The quantitative estimate of drug-likeness (QED) is 0.149. The Morgan fingerprint density at radius 1 is 1.06 bits per heavy atom. The molecular weight excluding hydrogens is 474 g/mol. The van der Waals surface area contributed by atoms with Gasteiger partial charge in [0, 0.05) is 0 Å². The molecule has 9 heteroatoms. The molecule has 0 unspecified atom stereocenters. The molecule has 2 N–H and O–H groups in total. The van der Waals surface area contributed by atoms with Crippen LogP contribution >= 0.6 is 11.8 Å². The fourth-order valence-electron chi connectivity index (χ4n) is 3.57. The second-order valence-electron chi connectivity index (χ2n) is 7.74. The molecule has 3 aromatic carbocycles. The summed E-state index contributed by atoms with van der Waals surface area (Å²) in [7, 11) is 0. The number of H-pyrrole nitrogens is 1. The Morgan fingerprint density at radius 2 is 1.78 bits per heavy atom. The molecule has 0 bridgehead atoms. The Balaban J connectivity index is 1.53. The number of amides is 1. The van der Waals surface area contributed by atoms with Crippen LogP contribution in [0.4, 0.5) is 0 Å². The Bertz CT molecular complexity index is 1320.